The Morgan fingerprint density at radius 2 is 0.750 bits per heavy atom. The summed E-state index contributed by atoms with van der Waals surface area (Å²) in [4.78, 5) is 32.5. The Morgan fingerprint density at radius 3 is 0.750 bits per heavy atom. The molecule has 3 N–H and O–H groups in total. The molecule has 0 spiro atoms. The number of carbonyl (C=O) groups excluding carboxylic acids is 4. The molecule has 5 nitrogen and oxygen atoms in total. The third-order valence-electron chi connectivity index (χ3n) is 0. The Kier molecular flexibility index (Phi) is 913. The van der Waals surface area contributed by atoms with E-state index in [4.69, 9.17) is 19.2 Å². The zero-order chi connectivity index (χ0) is 5.41. The standard InChI is InChI=1S/2CO2.CH4.H3N/c2*2-1-3;;/h;;1H4;1H3. The summed E-state index contributed by atoms with van der Waals surface area (Å²) < 4.78 is 0. The molecule has 0 unspecified atom stereocenters. The van der Waals surface area contributed by atoms with Crippen LogP contribution in [0.5, 0.6) is 0 Å². The molecule has 0 saturated heterocycles. The van der Waals surface area contributed by atoms with Gasteiger partial charge in [-0.2, -0.15) is 19.2 Å². The predicted molar refractivity (Wildman–Crippen MR) is 21.8 cm³/mol. The van der Waals surface area contributed by atoms with Gasteiger partial charge in [-0.1, -0.05) is 7.43 Å². The summed E-state index contributed by atoms with van der Waals surface area (Å²) in [6, 6.07) is 0. The van der Waals surface area contributed by atoms with Gasteiger partial charge in [-0.15, -0.1) is 0 Å². The molecule has 0 atom stereocenters. The van der Waals surface area contributed by atoms with Gasteiger partial charge in [0.05, 0.1) is 0 Å². The van der Waals surface area contributed by atoms with E-state index in [1.165, 1.54) is 0 Å². The molecule has 0 rings (SSSR count). The topological polar surface area (TPSA) is 103 Å². The monoisotopic (exact) mass is 121 g/mol. The van der Waals surface area contributed by atoms with Gasteiger partial charge in [0, 0.05) is 0 Å². The molecule has 0 aromatic carbocycles. The van der Waals surface area contributed by atoms with Crippen LogP contribution in [0.25, 0.3) is 0 Å². The molecule has 48 valence electrons. The molecule has 0 aliphatic rings. The van der Waals surface area contributed by atoms with Crippen LogP contribution in [-0.2, 0) is 19.2 Å². The van der Waals surface area contributed by atoms with Crippen molar-refractivity contribution in [2.45, 2.75) is 7.43 Å². The molecule has 0 radical (unpaired) electrons. The van der Waals surface area contributed by atoms with E-state index in [0.29, 0.717) is 0 Å². The lowest BCUT2D eigenvalue weighted by atomic mass is 11.8. The lowest BCUT2D eigenvalue weighted by Crippen LogP contribution is -1.22. The van der Waals surface area contributed by atoms with Crippen LogP contribution in [0.15, 0.2) is 0 Å². The molecule has 0 fully saturated rings. The van der Waals surface area contributed by atoms with Crippen molar-refractivity contribution < 1.29 is 19.2 Å². The maximum absolute atomic E-state index is 8.12. The van der Waals surface area contributed by atoms with E-state index >= 15 is 0 Å². The van der Waals surface area contributed by atoms with Gasteiger partial charge >= 0.3 is 12.3 Å². The van der Waals surface area contributed by atoms with Gasteiger partial charge in [-0.25, -0.2) is 0 Å². The predicted octanol–water partition coefficient (Wildman–Crippen LogP) is -0.369. The molecule has 0 aliphatic heterocycles. The van der Waals surface area contributed by atoms with Crippen LogP contribution in [0, 0.1) is 0 Å². The summed E-state index contributed by atoms with van der Waals surface area (Å²) in [6.45, 7) is 0. The summed E-state index contributed by atoms with van der Waals surface area (Å²) in [5, 5.41) is 0. The second-order valence-electron chi connectivity index (χ2n) is 0.167. The van der Waals surface area contributed by atoms with Crippen LogP contribution in [0.2, 0.25) is 0 Å². The quantitative estimate of drug-likeness (QED) is 0.470. The third kappa shape index (κ3) is 39.9. The van der Waals surface area contributed by atoms with Gasteiger partial charge in [0.15, 0.2) is 0 Å². The zero-order valence-corrected chi connectivity index (χ0v) is 3.34. The van der Waals surface area contributed by atoms with Gasteiger partial charge in [-0.05, 0) is 0 Å². The van der Waals surface area contributed by atoms with Crippen molar-refractivity contribution in [1.82, 2.24) is 6.15 Å². The van der Waals surface area contributed by atoms with Gasteiger partial charge in [0.1, 0.15) is 0 Å². The number of rotatable bonds is 0. The highest BCUT2D eigenvalue weighted by molar-refractivity contribution is 5.20. The normalized spacial score (nSPS) is 2.00. The van der Waals surface area contributed by atoms with E-state index in [0.717, 1.165) is 0 Å². The minimum Gasteiger partial charge on any atom is -0.344 e. The van der Waals surface area contributed by atoms with Crippen molar-refractivity contribution >= 4 is 12.3 Å². The fourth-order valence-corrected chi connectivity index (χ4v) is 0. The molecule has 0 amide bonds. The average Bonchev–Trinajstić information content (AvgIpc) is 1.39. The Morgan fingerprint density at radius 1 is 0.750 bits per heavy atom. The fourth-order valence-electron chi connectivity index (χ4n) is 0. The first kappa shape index (κ1) is 29.7. The highest BCUT2D eigenvalue weighted by Crippen LogP contribution is 0.790. The highest BCUT2D eigenvalue weighted by Gasteiger charge is 1.13. The summed E-state index contributed by atoms with van der Waals surface area (Å²) in [5.41, 5.74) is 0. The molecular formula is C3H7NO4. The molecular weight excluding hydrogens is 114 g/mol. The summed E-state index contributed by atoms with van der Waals surface area (Å²) in [5.74, 6) is 0. The van der Waals surface area contributed by atoms with E-state index in [1.807, 2.05) is 0 Å². The molecule has 0 aromatic heterocycles. The van der Waals surface area contributed by atoms with Crippen LogP contribution in [0.4, 0.5) is 0 Å². The molecule has 0 heterocycles. The van der Waals surface area contributed by atoms with E-state index in [2.05, 4.69) is 0 Å². The Labute approximate surface area is 46.3 Å². The lowest BCUT2D eigenvalue weighted by Gasteiger charge is -0.945. The minimum atomic E-state index is 0. The first-order chi connectivity index (χ1) is 2.83. The van der Waals surface area contributed by atoms with E-state index < -0.39 is 0 Å². The average molecular weight is 121 g/mol. The fraction of sp³-hybridized carbons (Fsp3) is 0.333. The summed E-state index contributed by atoms with van der Waals surface area (Å²) in [7, 11) is 0. The van der Waals surface area contributed by atoms with Gasteiger partial charge < -0.3 is 6.15 Å². The van der Waals surface area contributed by atoms with Gasteiger partial charge in [0.25, 0.3) is 0 Å². The van der Waals surface area contributed by atoms with Crippen molar-refractivity contribution in [3.63, 3.8) is 0 Å². The second kappa shape index (κ2) is 246. The highest BCUT2D eigenvalue weighted by atomic mass is 16.2. The smallest absolute Gasteiger partial charge is 0.344 e. The van der Waals surface area contributed by atoms with Crippen molar-refractivity contribution in [2.75, 3.05) is 0 Å². The minimum absolute atomic E-state index is 0. The maximum Gasteiger partial charge on any atom is 0.373 e. The Balaban J connectivity index is -0.0000000160. The van der Waals surface area contributed by atoms with Crippen LogP contribution >= 0.6 is 0 Å². The van der Waals surface area contributed by atoms with Crippen molar-refractivity contribution in [3.05, 3.63) is 0 Å². The molecule has 5 heteroatoms. The van der Waals surface area contributed by atoms with Gasteiger partial charge in [0.2, 0.25) is 0 Å². The number of hydrogen-bond donors (Lipinski definition) is 1. The molecule has 0 saturated carbocycles. The van der Waals surface area contributed by atoms with Crippen molar-refractivity contribution in [2.24, 2.45) is 0 Å². The zero-order valence-electron chi connectivity index (χ0n) is 3.34. The van der Waals surface area contributed by atoms with Gasteiger partial charge in [-0.3, -0.25) is 0 Å². The van der Waals surface area contributed by atoms with Crippen LogP contribution in [0.1, 0.15) is 7.43 Å². The Hall–Kier alpha value is -1.28. The maximum atomic E-state index is 8.12. The largest absolute Gasteiger partial charge is 0.373 e. The second-order valence-corrected chi connectivity index (χ2v) is 0.167. The third-order valence-corrected chi connectivity index (χ3v) is 0. The summed E-state index contributed by atoms with van der Waals surface area (Å²) >= 11 is 0. The SMILES string of the molecule is C.N.O=C=O.O=C=O. The van der Waals surface area contributed by atoms with Crippen LogP contribution < -0.4 is 6.15 Å². The van der Waals surface area contributed by atoms with Crippen LogP contribution in [0.3, 0.4) is 0 Å². The Bertz CT molecular complexity index is 65.3. The van der Waals surface area contributed by atoms with E-state index in [9.17, 15) is 0 Å². The first-order valence-electron chi connectivity index (χ1n) is 0.816. The van der Waals surface area contributed by atoms with E-state index in [-0.39, 0.29) is 25.9 Å². The molecule has 0 aliphatic carbocycles. The summed E-state index contributed by atoms with van der Waals surface area (Å²) in [6.07, 6.45) is 0.500. The first-order valence-corrected chi connectivity index (χ1v) is 0.816. The van der Waals surface area contributed by atoms with Crippen LogP contribution in [-0.4, -0.2) is 12.3 Å². The lowest BCUT2D eigenvalue weighted by molar-refractivity contribution is -0.193. The molecule has 0 aromatic rings. The molecule has 8 heavy (non-hydrogen) atoms. The van der Waals surface area contributed by atoms with E-state index in [1.54, 1.807) is 0 Å². The number of hydrogen-bond acceptors (Lipinski definition) is 5. The van der Waals surface area contributed by atoms with Crippen molar-refractivity contribution in [3.8, 4) is 0 Å². The van der Waals surface area contributed by atoms with Crippen molar-refractivity contribution in [1.29, 1.82) is 0 Å². The molecule has 0 bridgehead atoms.